The third-order valence-corrected chi connectivity index (χ3v) is 3.12. The van der Waals surface area contributed by atoms with Crippen LogP contribution < -0.4 is 0 Å². The summed E-state index contributed by atoms with van der Waals surface area (Å²) in [6, 6.07) is 7.93. The Bertz CT molecular complexity index is 392. The number of esters is 1. The summed E-state index contributed by atoms with van der Waals surface area (Å²) in [5, 5.41) is 0.762. The second kappa shape index (κ2) is 4.97. The van der Waals surface area contributed by atoms with Crippen molar-refractivity contribution in [2.45, 2.75) is 24.5 Å². The number of ether oxygens (including phenoxy) is 2. The number of benzene rings is 1. The zero-order valence-electron chi connectivity index (χ0n) is 8.98. The van der Waals surface area contributed by atoms with Crippen molar-refractivity contribution in [3.05, 3.63) is 35.4 Å². The Morgan fingerprint density at radius 3 is 2.94 bits per heavy atom. The Balaban J connectivity index is 2.08. The molecule has 0 aromatic heterocycles. The van der Waals surface area contributed by atoms with Gasteiger partial charge in [0.25, 0.3) is 0 Å². The number of carbonyl (C=O) groups is 1. The molecule has 1 aromatic rings. The Morgan fingerprint density at radius 2 is 2.25 bits per heavy atom. The number of hydrogen-bond acceptors (Lipinski definition) is 3. The fourth-order valence-electron chi connectivity index (χ4n) is 1.69. The van der Waals surface area contributed by atoms with Crippen molar-refractivity contribution in [1.29, 1.82) is 0 Å². The quantitative estimate of drug-likeness (QED) is 0.485. The Morgan fingerprint density at radius 1 is 1.50 bits per heavy atom. The summed E-state index contributed by atoms with van der Waals surface area (Å²) in [4.78, 5) is 11.4. The Kier molecular flexibility index (Phi) is 3.61. The molecule has 0 spiro atoms. The minimum absolute atomic E-state index is 0.132. The molecule has 1 heterocycles. The number of carbonyl (C=O) groups excluding carboxylic acids is 1. The van der Waals surface area contributed by atoms with Crippen LogP contribution in [-0.2, 0) is 19.6 Å². The number of alkyl halides is 1. The van der Waals surface area contributed by atoms with Crippen molar-refractivity contribution < 1.29 is 14.3 Å². The largest absolute Gasteiger partial charge is 0.464 e. The molecule has 0 bridgehead atoms. The molecule has 3 nitrogen and oxygen atoms in total. The first-order valence-corrected chi connectivity index (χ1v) is 6.36. The first-order valence-electron chi connectivity index (χ1n) is 5.23. The maximum absolute atomic E-state index is 11.4. The smallest absolute Gasteiger partial charge is 0.338 e. The lowest BCUT2D eigenvalue weighted by Crippen LogP contribution is -2.12. The zero-order chi connectivity index (χ0) is 11.5. The van der Waals surface area contributed by atoms with Crippen LogP contribution in [0.2, 0.25) is 0 Å². The van der Waals surface area contributed by atoms with Gasteiger partial charge in [-0.05, 0) is 18.1 Å². The average molecular weight is 285 g/mol. The summed E-state index contributed by atoms with van der Waals surface area (Å²) in [6.45, 7) is 2.19. The van der Waals surface area contributed by atoms with E-state index in [0.29, 0.717) is 6.61 Å². The topological polar surface area (TPSA) is 38.8 Å². The van der Waals surface area contributed by atoms with Crippen molar-refractivity contribution >= 4 is 21.9 Å². The number of rotatable bonds is 4. The van der Waals surface area contributed by atoms with Gasteiger partial charge >= 0.3 is 5.97 Å². The summed E-state index contributed by atoms with van der Waals surface area (Å²) in [5.41, 5.74) is 2.22. The van der Waals surface area contributed by atoms with Crippen LogP contribution in [0.15, 0.2) is 24.3 Å². The zero-order valence-corrected chi connectivity index (χ0v) is 10.6. The number of hydrogen-bond donors (Lipinski definition) is 0. The molecule has 0 saturated carbocycles. The predicted molar refractivity (Wildman–Crippen MR) is 63.3 cm³/mol. The van der Waals surface area contributed by atoms with Crippen LogP contribution in [0.1, 0.15) is 24.2 Å². The van der Waals surface area contributed by atoms with Crippen LogP contribution in [0.3, 0.4) is 0 Å². The summed E-state index contributed by atoms with van der Waals surface area (Å²) in [5.74, 6) is -0.267. The highest BCUT2D eigenvalue weighted by Crippen LogP contribution is 2.41. The second-order valence-corrected chi connectivity index (χ2v) is 4.12. The molecule has 0 amide bonds. The normalized spacial score (nSPS) is 22.9. The van der Waals surface area contributed by atoms with Gasteiger partial charge in [0, 0.05) is 5.33 Å². The molecule has 1 fully saturated rings. The maximum Gasteiger partial charge on any atom is 0.338 e. The molecule has 86 valence electrons. The van der Waals surface area contributed by atoms with E-state index in [1.54, 1.807) is 6.92 Å². The molecule has 1 aliphatic heterocycles. The molecule has 1 aliphatic rings. The molecule has 2 unspecified atom stereocenters. The highest BCUT2D eigenvalue weighted by atomic mass is 79.9. The molecular weight excluding hydrogens is 272 g/mol. The van der Waals surface area contributed by atoms with E-state index in [1.165, 1.54) is 0 Å². The lowest BCUT2D eigenvalue weighted by molar-refractivity contribution is -0.144. The minimum atomic E-state index is -0.417. The fraction of sp³-hybridized carbons (Fsp3) is 0.417. The Labute approximate surface area is 103 Å². The van der Waals surface area contributed by atoms with E-state index in [2.05, 4.69) is 15.9 Å². The van der Waals surface area contributed by atoms with E-state index < -0.39 is 6.10 Å². The van der Waals surface area contributed by atoms with E-state index in [-0.39, 0.29) is 12.1 Å². The minimum Gasteiger partial charge on any atom is -0.464 e. The molecule has 16 heavy (non-hydrogen) atoms. The lowest BCUT2D eigenvalue weighted by Gasteiger charge is -2.03. The van der Waals surface area contributed by atoms with Gasteiger partial charge in [0.15, 0.2) is 6.10 Å². The van der Waals surface area contributed by atoms with Gasteiger partial charge in [0.2, 0.25) is 0 Å². The molecular formula is C12H13BrO3. The summed E-state index contributed by atoms with van der Waals surface area (Å²) < 4.78 is 10.3. The highest BCUT2D eigenvalue weighted by Gasteiger charge is 2.48. The highest BCUT2D eigenvalue weighted by molar-refractivity contribution is 9.08. The Hall–Kier alpha value is -0.870. The van der Waals surface area contributed by atoms with E-state index in [4.69, 9.17) is 9.47 Å². The van der Waals surface area contributed by atoms with Gasteiger partial charge in [-0.25, -0.2) is 4.79 Å². The van der Waals surface area contributed by atoms with Crippen LogP contribution in [0.4, 0.5) is 0 Å². The summed E-state index contributed by atoms with van der Waals surface area (Å²) in [7, 11) is 0. The molecule has 4 heteroatoms. The first kappa shape index (κ1) is 11.6. The van der Waals surface area contributed by atoms with Gasteiger partial charge < -0.3 is 9.47 Å². The molecule has 0 radical (unpaired) electrons. The molecule has 0 N–H and O–H groups in total. The lowest BCUT2D eigenvalue weighted by atomic mass is 10.0. The van der Waals surface area contributed by atoms with Crippen molar-refractivity contribution in [3.8, 4) is 0 Å². The molecule has 2 rings (SSSR count). The van der Waals surface area contributed by atoms with Gasteiger partial charge in [0.1, 0.15) is 6.10 Å². The van der Waals surface area contributed by atoms with Crippen LogP contribution in [0, 0.1) is 0 Å². The van der Waals surface area contributed by atoms with E-state index >= 15 is 0 Å². The van der Waals surface area contributed by atoms with Crippen LogP contribution in [-0.4, -0.2) is 18.7 Å². The molecule has 0 aliphatic carbocycles. The van der Waals surface area contributed by atoms with Crippen molar-refractivity contribution in [2.75, 3.05) is 6.61 Å². The third-order valence-electron chi connectivity index (χ3n) is 2.52. The first-order chi connectivity index (χ1) is 7.77. The fourth-order valence-corrected chi connectivity index (χ4v) is 2.20. The average Bonchev–Trinajstić information content (AvgIpc) is 3.09. The standard InChI is InChI=1S/C12H13BrO3/c1-2-15-12(14)11-10(16-11)9-6-4-3-5-8(9)7-13/h3-6,10-11H,2,7H2,1H3. The molecule has 1 saturated heterocycles. The van der Waals surface area contributed by atoms with Crippen LogP contribution in [0.25, 0.3) is 0 Å². The number of epoxide rings is 1. The van der Waals surface area contributed by atoms with Gasteiger partial charge in [-0.1, -0.05) is 40.2 Å². The van der Waals surface area contributed by atoms with Crippen molar-refractivity contribution in [1.82, 2.24) is 0 Å². The summed E-state index contributed by atoms with van der Waals surface area (Å²) >= 11 is 3.42. The van der Waals surface area contributed by atoms with E-state index in [0.717, 1.165) is 16.5 Å². The van der Waals surface area contributed by atoms with Crippen molar-refractivity contribution in [3.63, 3.8) is 0 Å². The molecule has 1 aromatic carbocycles. The number of halogens is 1. The van der Waals surface area contributed by atoms with Gasteiger partial charge in [-0.3, -0.25) is 0 Å². The van der Waals surface area contributed by atoms with Crippen LogP contribution >= 0.6 is 15.9 Å². The van der Waals surface area contributed by atoms with Crippen LogP contribution in [0.5, 0.6) is 0 Å². The van der Waals surface area contributed by atoms with E-state index in [9.17, 15) is 4.79 Å². The summed E-state index contributed by atoms with van der Waals surface area (Å²) in [6.07, 6.45) is -0.548. The third kappa shape index (κ3) is 2.28. The second-order valence-electron chi connectivity index (χ2n) is 3.56. The SMILES string of the molecule is CCOC(=O)C1OC1c1ccccc1CBr. The monoisotopic (exact) mass is 284 g/mol. The van der Waals surface area contributed by atoms with Gasteiger partial charge in [-0.2, -0.15) is 0 Å². The molecule has 2 atom stereocenters. The van der Waals surface area contributed by atoms with Gasteiger partial charge in [-0.15, -0.1) is 0 Å². The predicted octanol–water partition coefficient (Wildman–Crippen LogP) is 2.58. The van der Waals surface area contributed by atoms with Crippen molar-refractivity contribution in [2.24, 2.45) is 0 Å². The van der Waals surface area contributed by atoms with E-state index in [1.807, 2.05) is 24.3 Å². The maximum atomic E-state index is 11.4. The van der Waals surface area contributed by atoms with Gasteiger partial charge in [0.05, 0.1) is 6.61 Å².